The summed E-state index contributed by atoms with van der Waals surface area (Å²) in [7, 11) is -3.88. The fourth-order valence-electron chi connectivity index (χ4n) is 1.11. The summed E-state index contributed by atoms with van der Waals surface area (Å²) >= 11 is 0. The van der Waals surface area contributed by atoms with Gasteiger partial charge in [-0.1, -0.05) is 0 Å². The number of carbonyl (C=O) groups excluding carboxylic acids is 1. The molecule has 1 rings (SSSR count). The fourth-order valence-corrected chi connectivity index (χ4v) is 2.17. The third kappa shape index (κ3) is 4.28. The number of rotatable bonds is 7. The molecule has 9 heteroatoms. The summed E-state index contributed by atoms with van der Waals surface area (Å²) in [5.41, 5.74) is 4.21. The molecule has 0 unspecified atom stereocenters. The van der Waals surface area contributed by atoms with Crippen LogP contribution < -0.4 is 15.9 Å². The number of nitrogens with one attached hydrogen (secondary N) is 2. The smallest absolute Gasteiger partial charge is 0.245 e. The van der Waals surface area contributed by atoms with Crippen molar-refractivity contribution in [1.82, 2.24) is 9.71 Å². The first-order valence-electron chi connectivity index (χ1n) is 4.96. The van der Waals surface area contributed by atoms with Gasteiger partial charge in [0, 0.05) is 25.0 Å². The summed E-state index contributed by atoms with van der Waals surface area (Å²) in [4.78, 5) is 23.8. The minimum Gasteiger partial charge on any atom is -0.370 e. The zero-order valence-electron chi connectivity index (χ0n) is 9.38. The van der Waals surface area contributed by atoms with Gasteiger partial charge in [-0.15, -0.1) is 0 Å². The summed E-state index contributed by atoms with van der Waals surface area (Å²) in [5, 5.41) is 0. The summed E-state index contributed by atoms with van der Waals surface area (Å²) in [5.74, 6) is -0.641. The SMILES string of the molecule is NC(=O)COCCNS(=O)(=O)c1c[nH]ccc1=O. The summed E-state index contributed by atoms with van der Waals surface area (Å²) in [6.07, 6.45) is 2.42. The third-order valence-electron chi connectivity index (χ3n) is 1.86. The third-order valence-corrected chi connectivity index (χ3v) is 3.34. The molecule has 0 bridgehead atoms. The van der Waals surface area contributed by atoms with Gasteiger partial charge in [-0.3, -0.25) is 9.59 Å². The molecule has 1 amide bonds. The Morgan fingerprint density at radius 2 is 2.22 bits per heavy atom. The van der Waals surface area contributed by atoms with Crippen molar-refractivity contribution < 1.29 is 17.9 Å². The number of primary amides is 1. The van der Waals surface area contributed by atoms with Crippen molar-refractivity contribution in [2.75, 3.05) is 19.8 Å². The van der Waals surface area contributed by atoms with Crippen LogP contribution in [0.2, 0.25) is 0 Å². The van der Waals surface area contributed by atoms with E-state index in [-0.39, 0.29) is 24.7 Å². The normalized spacial score (nSPS) is 11.3. The van der Waals surface area contributed by atoms with Gasteiger partial charge in [0.25, 0.3) is 0 Å². The molecule has 100 valence electrons. The molecule has 0 saturated heterocycles. The summed E-state index contributed by atoms with van der Waals surface area (Å²) < 4.78 is 30.3. The molecule has 0 fully saturated rings. The van der Waals surface area contributed by atoms with Crippen molar-refractivity contribution in [2.45, 2.75) is 4.90 Å². The van der Waals surface area contributed by atoms with Gasteiger partial charge in [-0.05, 0) is 0 Å². The summed E-state index contributed by atoms with van der Waals surface area (Å²) in [6.45, 7) is -0.371. The van der Waals surface area contributed by atoms with Gasteiger partial charge in [0.2, 0.25) is 21.4 Å². The van der Waals surface area contributed by atoms with E-state index in [9.17, 15) is 18.0 Å². The molecule has 0 aliphatic rings. The van der Waals surface area contributed by atoms with Gasteiger partial charge in [0.05, 0.1) is 6.61 Å². The van der Waals surface area contributed by atoms with Gasteiger partial charge in [0.1, 0.15) is 11.5 Å². The van der Waals surface area contributed by atoms with Gasteiger partial charge >= 0.3 is 0 Å². The molecule has 8 nitrogen and oxygen atoms in total. The van der Waals surface area contributed by atoms with E-state index in [1.807, 2.05) is 0 Å². The minimum absolute atomic E-state index is 0.0209. The van der Waals surface area contributed by atoms with E-state index in [1.165, 1.54) is 6.20 Å². The van der Waals surface area contributed by atoms with Crippen molar-refractivity contribution in [3.63, 3.8) is 0 Å². The van der Waals surface area contributed by atoms with E-state index in [0.717, 1.165) is 12.3 Å². The van der Waals surface area contributed by atoms with E-state index >= 15 is 0 Å². The molecular formula is C9H13N3O5S. The average Bonchev–Trinajstić information content (AvgIpc) is 2.28. The van der Waals surface area contributed by atoms with Crippen molar-refractivity contribution in [3.8, 4) is 0 Å². The first-order valence-corrected chi connectivity index (χ1v) is 6.44. The number of aromatic amines is 1. The predicted octanol–water partition coefficient (Wildman–Crippen LogP) is -1.84. The Kier molecular flexibility index (Phi) is 5.01. The van der Waals surface area contributed by atoms with Crippen LogP contribution in [0.25, 0.3) is 0 Å². The van der Waals surface area contributed by atoms with E-state index in [1.54, 1.807) is 0 Å². The first-order chi connectivity index (χ1) is 8.43. The molecule has 1 aromatic heterocycles. The second-order valence-electron chi connectivity index (χ2n) is 3.29. The number of ether oxygens (including phenoxy) is 1. The second kappa shape index (κ2) is 6.28. The Balaban J connectivity index is 2.54. The maximum atomic E-state index is 11.7. The van der Waals surface area contributed by atoms with Crippen molar-refractivity contribution in [2.24, 2.45) is 5.73 Å². The van der Waals surface area contributed by atoms with Gasteiger partial charge in [0.15, 0.2) is 0 Å². The number of sulfonamides is 1. The van der Waals surface area contributed by atoms with Crippen LogP contribution in [0.1, 0.15) is 0 Å². The van der Waals surface area contributed by atoms with Crippen molar-refractivity contribution in [1.29, 1.82) is 0 Å². The molecule has 0 aliphatic carbocycles. The lowest BCUT2D eigenvalue weighted by Crippen LogP contribution is -2.31. The Morgan fingerprint density at radius 3 is 2.83 bits per heavy atom. The maximum absolute atomic E-state index is 11.7. The largest absolute Gasteiger partial charge is 0.370 e. The zero-order chi connectivity index (χ0) is 13.6. The molecule has 0 aromatic carbocycles. The zero-order valence-corrected chi connectivity index (χ0v) is 10.2. The molecule has 0 saturated carbocycles. The summed E-state index contributed by atoms with van der Waals surface area (Å²) in [6, 6.07) is 1.11. The number of H-pyrrole nitrogens is 1. The molecule has 1 aromatic rings. The molecule has 4 N–H and O–H groups in total. The van der Waals surface area contributed by atoms with Gasteiger partial charge in [-0.2, -0.15) is 0 Å². The fraction of sp³-hybridized carbons (Fsp3) is 0.333. The Labute approximate surface area is 103 Å². The number of hydrogen-bond donors (Lipinski definition) is 3. The molecule has 0 atom stereocenters. The van der Waals surface area contributed by atoms with Crippen LogP contribution in [0.3, 0.4) is 0 Å². The van der Waals surface area contributed by atoms with Crippen LogP contribution >= 0.6 is 0 Å². The van der Waals surface area contributed by atoms with Crippen LogP contribution in [0, 0.1) is 0 Å². The number of hydrogen-bond acceptors (Lipinski definition) is 5. The lowest BCUT2D eigenvalue weighted by Gasteiger charge is -2.05. The number of carbonyl (C=O) groups is 1. The van der Waals surface area contributed by atoms with Crippen molar-refractivity contribution >= 4 is 15.9 Å². The molecule has 1 heterocycles. The molecule has 0 spiro atoms. The molecule has 18 heavy (non-hydrogen) atoms. The quantitative estimate of drug-likeness (QED) is 0.503. The topological polar surface area (TPSA) is 131 Å². The highest BCUT2D eigenvalue weighted by Gasteiger charge is 2.16. The van der Waals surface area contributed by atoms with E-state index in [2.05, 4.69) is 9.71 Å². The van der Waals surface area contributed by atoms with E-state index in [4.69, 9.17) is 10.5 Å². The lowest BCUT2D eigenvalue weighted by atomic mass is 10.5. The Bertz CT molecular complexity index is 566. The Morgan fingerprint density at radius 1 is 1.50 bits per heavy atom. The number of amides is 1. The van der Waals surface area contributed by atoms with Crippen LogP contribution in [0.15, 0.2) is 28.2 Å². The number of nitrogens with two attached hydrogens (primary N) is 1. The number of pyridine rings is 1. The van der Waals surface area contributed by atoms with Gasteiger partial charge < -0.3 is 15.5 Å². The number of aromatic nitrogens is 1. The lowest BCUT2D eigenvalue weighted by molar-refractivity contribution is -0.122. The van der Waals surface area contributed by atoms with Crippen LogP contribution in [0.4, 0.5) is 0 Å². The van der Waals surface area contributed by atoms with Crippen LogP contribution in [-0.4, -0.2) is 39.1 Å². The highest BCUT2D eigenvalue weighted by atomic mass is 32.2. The second-order valence-corrected chi connectivity index (χ2v) is 5.02. The highest BCUT2D eigenvalue weighted by molar-refractivity contribution is 7.89. The highest BCUT2D eigenvalue weighted by Crippen LogP contribution is 1.98. The predicted molar refractivity (Wildman–Crippen MR) is 62.3 cm³/mol. The molecular weight excluding hydrogens is 262 g/mol. The van der Waals surface area contributed by atoms with Crippen LogP contribution in [-0.2, 0) is 19.6 Å². The maximum Gasteiger partial charge on any atom is 0.245 e. The van der Waals surface area contributed by atoms with E-state index < -0.39 is 21.4 Å². The average molecular weight is 275 g/mol. The standard InChI is InChI=1S/C9H13N3O5S/c10-9(14)6-17-4-3-12-18(15,16)8-5-11-2-1-7(8)13/h1-2,5,12H,3-4,6H2,(H2,10,14)(H,11,13). The minimum atomic E-state index is -3.88. The molecule has 0 aliphatic heterocycles. The molecule has 0 radical (unpaired) electrons. The first kappa shape index (κ1) is 14.4. The Hall–Kier alpha value is -1.71. The van der Waals surface area contributed by atoms with Crippen molar-refractivity contribution in [3.05, 3.63) is 28.7 Å². The van der Waals surface area contributed by atoms with Crippen LogP contribution in [0.5, 0.6) is 0 Å². The monoisotopic (exact) mass is 275 g/mol. The van der Waals surface area contributed by atoms with Gasteiger partial charge in [-0.25, -0.2) is 13.1 Å². The van der Waals surface area contributed by atoms with E-state index in [0.29, 0.717) is 0 Å².